The highest BCUT2D eigenvalue weighted by Crippen LogP contribution is 2.44. The first kappa shape index (κ1) is 38.0. The maximum absolute atomic E-state index is 16.1. The molecule has 4 atom stereocenters. The SMILES string of the molecule is CC(C)[Si](C#Cc1c(F)ccc2cccc(-n3cc4c5c(nc(S(C)=O)nc5c3=O)N3C[C@H]5CC[C@@H]([C@H]3CO4)N5C(=O)OC(C)(C)C)c12)(C(C)C)C(C)C. The third kappa shape index (κ3) is 6.19. The third-order valence-corrected chi connectivity index (χ3v) is 18.6. The van der Waals surface area contributed by atoms with Gasteiger partial charge in [0.2, 0.25) is 5.16 Å². The zero-order valence-electron chi connectivity index (χ0n) is 32.8. The van der Waals surface area contributed by atoms with Crippen molar-refractivity contribution in [1.29, 1.82) is 0 Å². The van der Waals surface area contributed by atoms with Gasteiger partial charge in [-0.05, 0) is 67.8 Å². The summed E-state index contributed by atoms with van der Waals surface area (Å²) in [6.07, 6.45) is 4.28. The van der Waals surface area contributed by atoms with Crippen LogP contribution in [0.5, 0.6) is 5.75 Å². The molecule has 1 unspecified atom stereocenters. The average molecular weight is 772 g/mol. The number of nitrogens with zero attached hydrogens (tertiary/aromatic N) is 5. The molecule has 0 saturated carbocycles. The summed E-state index contributed by atoms with van der Waals surface area (Å²) in [5.74, 6) is 3.71. The molecular weight excluding hydrogens is 722 g/mol. The topological polar surface area (TPSA) is 107 Å². The van der Waals surface area contributed by atoms with Gasteiger partial charge in [0.05, 0.1) is 51.8 Å². The Morgan fingerprint density at radius 1 is 1.02 bits per heavy atom. The molecule has 3 aliphatic heterocycles. The second kappa shape index (κ2) is 13.8. The number of ether oxygens (including phenoxy) is 2. The summed E-state index contributed by atoms with van der Waals surface area (Å²) >= 11 is 0. The van der Waals surface area contributed by atoms with Crippen molar-refractivity contribution in [1.82, 2.24) is 19.4 Å². The maximum atomic E-state index is 16.1. The van der Waals surface area contributed by atoms with Gasteiger partial charge in [-0.2, -0.15) is 0 Å². The van der Waals surface area contributed by atoms with E-state index in [1.165, 1.54) is 16.9 Å². The van der Waals surface area contributed by atoms with Crippen LogP contribution in [-0.4, -0.2) is 80.9 Å². The first-order valence-corrected chi connectivity index (χ1v) is 22.7. The summed E-state index contributed by atoms with van der Waals surface area (Å²) in [4.78, 5) is 41.6. The molecule has 0 spiro atoms. The maximum Gasteiger partial charge on any atom is 0.410 e. The lowest BCUT2D eigenvalue weighted by Crippen LogP contribution is -2.63. The first-order valence-electron chi connectivity index (χ1n) is 18.9. The van der Waals surface area contributed by atoms with Crippen LogP contribution in [-0.2, 0) is 15.5 Å². The second-order valence-corrected chi connectivity index (χ2v) is 23.7. The van der Waals surface area contributed by atoms with E-state index in [2.05, 4.69) is 62.9 Å². The van der Waals surface area contributed by atoms with Gasteiger partial charge in [-0.15, -0.1) is 5.54 Å². The van der Waals surface area contributed by atoms with Gasteiger partial charge in [-0.1, -0.05) is 65.7 Å². The Morgan fingerprint density at radius 3 is 2.37 bits per heavy atom. The Morgan fingerprint density at radius 2 is 1.72 bits per heavy atom. The number of carbonyl (C=O) groups is 1. The molecule has 0 aliphatic carbocycles. The Kier molecular flexibility index (Phi) is 9.70. The lowest BCUT2D eigenvalue weighted by molar-refractivity contribution is 0.00545. The predicted octanol–water partition coefficient (Wildman–Crippen LogP) is 7.73. The number of halogens is 1. The van der Waals surface area contributed by atoms with E-state index in [1.807, 2.05) is 37.8 Å². The number of anilines is 1. The molecule has 0 radical (unpaired) electrons. The molecule has 7 rings (SSSR count). The van der Waals surface area contributed by atoms with Crippen LogP contribution in [0.25, 0.3) is 27.4 Å². The third-order valence-electron chi connectivity index (χ3n) is 11.6. The summed E-state index contributed by atoms with van der Waals surface area (Å²) in [5.41, 5.74) is 4.31. The molecule has 5 heterocycles. The van der Waals surface area contributed by atoms with Crippen molar-refractivity contribution in [2.45, 2.75) is 121 Å². The van der Waals surface area contributed by atoms with Crippen LogP contribution in [0.3, 0.4) is 0 Å². The number of hydrogen-bond donors (Lipinski definition) is 0. The zero-order chi connectivity index (χ0) is 39.0. The van der Waals surface area contributed by atoms with Crippen LogP contribution in [0.15, 0.2) is 46.5 Å². The molecule has 10 nitrogen and oxygen atoms in total. The van der Waals surface area contributed by atoms with Crippen molar-refractivity contribution in [2.24, 2.45) is 0 Å². The van der Waals surface area contributed by atoms with Crippen molar-refractivity contribution in [3.63, 3.8) is 0 Å². The Hall–Kier alpha value is -4.28. The number of rotatable bonds is 5. The van der Waals surface area contributed by atoms with Crippen LogP contribution in [0.2, 0.25) is 16.6 Å². The molecule has 2 saturated heterocycles. The molecule has 4 aromatic rings. The van der Waals surface area contributed by atoms with Gasteiger partial charge in [0.15, 0.2) is 0 Å². The minimum absolute atomic E-state index is 0.0220. The molecule has 3 aliphatic rings. The summed E-state index contributed by atoms with van der Waals surface area (Å²) in [7, 11) is -3.87. The fourth-order valence-electron chi connectivity index (χ4n) is 9.31. The lowest BCUT2D eigenvalue weighted by atomic mass is 10.0. The van der Waals surface area contributed by atoms with Crippen LogP contribution in [0, 0.1) is 17.3 Å². The van der Waals surface area contributed by atoms with Gasteiger partial charge >= 0.3 is 6.09 Å². The molecule has 2 aromatic heterocycles. The fraction of sp³-hybridized carbons (Fsp3) is 0.512. The van der Waals surface area contributed by atoms with Gasteiger partial charge in [-0.3, -0.25) is 18.5 Å². The standard InChI is InChI=1S/C41H50FN5O5SSi/c1-23(2)54(24(3)4,25(5)6)19-18-28-29(42)16-14-26-12-11-13-31(34(26)28)46-21-33-35-36(38(46)48)43-39(53(10)50)44-37(35)45-20-27-15-17-30(32(45)22-51-33)47(27)40(49)52-41(7,8)9/h11-14,16,21,23-25,27,30,32H,15,17,20,22H2,1-10H3/t27-,30+,32-,53?/m1/s1. The van der Waals surface area contributed by atoms with Crippen molar-refractivity contribution in [3.8, 4) is 22.9 Å². The lowest BCUT2D eigenvalue weighted by Gasteiger charge is -2.46. The van der Waals surface area contributed by atoms with Crippen LogP contribution < -0.4 is 15.2 Å². The van der Waals surface area contributed by atoms with E-state index in [-0.39, 0.29) is 47.1 Å². The van der Waals surface area contributed by atoms with Gasteiger partial charge < -0.3 is 14.4 Å². The van der Waals surface area contributed by atoms with Crippen molar-refractivity contribution in [3.05, 3.63) is 58.3 Å². The molecular formula is C41H50FN5O5SSi. The fourth-order valence-corrected chi connectivity index (χ4v) is 15.0. The highest BCUT2D eigenvalue weighted by atomic mass is 32.2. The number of piperazine rings is 1. The van der Waals surface area contributed by atoms with Crippen molar-refractivity contribution in [2.75, 3.05) is 24.3 Å². The monoisotopic (exact) mass is 771 g/mol. The number of carbonyl (C=O) groups excluding carboxylic acids is 1. The summed E-state index contributed by atoms with van der Waals surface area (Å²) in [6, 6.07) is 7.96. The van der Waals surface area contributed by atoms with E-state index in [9.17, 15) is 13.8 Å². The first-order chi connectivity index (χ1) is 25.4. The molecule has 2 fully saturated rings. The number of pyridine rings is 1. The van der Waals surface area contributed by atoms with E-state index >= 15 is 4.39 Å². The Bertz CT molecular complexity index is 2310. The quantitative estimate of drug-likeness (QED) is 0.115. The van der Waals surface area contributed by atoms with Gasteiger partial charge in [0.25, 0.3) is 5.56 Å². The second-order valence-electron chi connectivity index (χ2n) is 16.8. The molecule has 286 valence electrons. The highest BCUT2D eigenvalue weighted by Gasteiger charge is 2.51. The normalized spacial score (nSPS) is 20.2. The number of fused-ring (bicyclic) bond motifs is 6. The van der Waals surface area contributed by atoms with E-state index in [0.717, 1.165) is 18.2 Å². The summed E-state index contributed by atoms with van der Waals surface area (Å²) in [5, 5.41) is 1.69. The molecule has 54 heavy (non-hydrogen) atoms. The number of aromatic nitrogens is 3. The van der Waals surface area contributed by atoms with Crippen LogP contribution >= 0.6 is 0 Å². The van der Waals surface area contributed by atoms with Crippen LogP contribution in [0.4, 0.5) is 15.0 Å². The highest BCUT2D eigenvalue weighted by molar-refractivity contribution is 7.84. The van der Waals surface area contributed by atoms with E-state index in [0.29, 0.717) is 51.2 Å². The van der Waals surface area contributed by atoms with E-state index in [1.54, 1.807) is 18.3 Å². The van der Waals surface area contributed by atoms with Gasteiger partial charge in [-0.25, -0.2) is 19.2 Å². The molecule has 1 amide bonds. The minimum Gasteiger partial charge on any atom is -0.489 e. The minimum atomic E-state index is -2.25. The van der Waals surface area contributed by atoms with Crippen LogP contribution in [0.1, 0.15) is 80.7 Å². The van der Waals surface area contributed by atoms with E-state index in [4.69, 9.17) is 14.5 Å². The summed E-state index contributed by atoms with van der Waals surface area (Å²) in [6.45, 7) is 19.5. The Balaban J connectivity index is 1.43. The van der Waals surface area contributed by atoms with Crippen molar-refractivity contribution < 1.29 is 22.9 Å². The summed E-state index contributed by atoms with van der Waals surface area (Å²) < 4.78 is 43.0. The Labute approximate surface area is 319 Å². The van der Waals surface area contributed by atoms with Gasteiger partial charge in [0, 0.05) is 18.2 Å². The van der Waals surface area contributed by atoms with Crippen molar-refractivity contribution >= 4 is 52.5 Å². The molecule has 2 aromatic carbocycles. The molecule has 13 heteroatoms. The zero-order valence-corrected chi connectivity index (χ0v) is 34.6. The molecule has 2 bridgehead atoms. The average Bonchev–Trinajstić information content (AvgIpc) is 3.33. The smallest absolute Gasteiger partial charge is 0.410 e. The number of hydrogen-bond acceptors (Lipinski definition) is 8. The predicted molar refractivity (Wildman–Crippen MR) is 214 cm³/mol. The van der Waals surface area contributed by atoms with Gasteiger partial charge in [0.1, 0.15) is 43.2 Å². The largest absolute Gasteiger partial charge is 0.489 e. The number of benzene rings is 2. The van der Waals surface area contributed by atoms with E-state index < -0.39 is 35.9 Å². The molecule has 0 N–H and O–H groups in total. The number of amides is 1.